The number of hydrogen-bond donors (Lipinski definition) is 2. The van der Waals surface area contributed by atoms with Crippen molar-refractivity contribution in [3.05, 3.63) is 12.2 Å². The molecule has 2 unspecified atom stereocenters. The maximum absolute atomic E-state index is 11.2. The van der Waals surface area contributed by atoms with Crippen LogP contribution in [0.15, 0.2) is 12.2 Å². The SMILES string of the molecule is O=C1CC(NC2CC=CCC2)C(=O)N1. The van der Waals surface area contributed by atoms with Gasteiger partial charge < -0.3 is 5.32 Å². The first-order valence-electron chi connectivity index (χ1n) is 5.00. The van der Waals surface area contributed by atoms with Gasteiger partial charge in [-0.25, -0.2) is 0 Å². The number of amides is 2. The average Bonchev–Trinajstić information content (AvgIpc) is 2.47. The van der Waals surface area contributed by atoms with E-state index in [0.29, 0.717) is 12.5 Å². The molecule has 0 aromatic rings. The van der Waals surface area contributed by atoms with Crippen LogP contribution in [0.2, 0.25) is 0 Å². The molecular formula is C10H14N2O2. The molecule has 1 heterocycles. The van der Waals surface area contributed by atoms with Crippen LogP contribution in [-0.2, 0) is 9.59 Å². The van der Waals surface area contributed by atoms with Crippen molar-refractivity contribution in [1.29, 1.82) is 0 Å². The van der Waals surface area contributed by atoms with Crippen molar-refractivity contribution >= 4 is 11.8 Å². The Morgan fingerprint density at radius 1 is 1.36 bits per heavy atom. The molecule has 14 heavy (non-hydrogen) atoms. The Hall–Kier alpha value is -1.16. The molecule has 1 aliphatic heterocycles. The van der Waals surface area contributed by atoms with Crippen molar-refractivity contribution in [2.24, 2.45) is 0 Å². The lowest BCUT2D eigenvalue weighted by molar-refractivity contribution is -0.125. The van der Waals surface area contributed by atoms with Gasteiger partial charge in [-0.2, -0.15) is 0 Å². The minimum atomic E-state index is -0.306. The van der Waals surface area contributed by atoms with E-state index in [1.165, 1.54) is 0 Å². The van der Waals surface area contributed by atoms with E-state index in [2.05, 4.69) is 22.8 Å². The fraction of sp³-hybridized carbons (Fsp3) is 0.600. The number of nitrogens with one attached hydrogen (secondary N) is 2. The van der Waals surface area contributed by atoms with Crippen molar-refractivity contribution in [2.75, 3.05) is 0 Å². The van der Waals surface area contributed by atoms with Gasteiger partial charge in [-0.05, 0) is 19.3 Å². The summed E-state index contributed by atoms with van der Waals surface area (Å²) < 4.78 is 0. The number of carbonyl (C=O) groups excluding carboxylic acids is 2. The first-order chi connectivity index (χ1) is 6.75. The summed E-state index contributed by atoms with van der Waals surface area (Å²) in [6.45, 7) is 0. The van der Waals surface area contributed by atoms with E-state index in [0.717, 1.165) is 19.3 Å². The van der Waals surface area contributed by atoms with E-state index in [1.54, 1.807) is 0 Å². The fourth-order valence-corrected chi connectivity index (χ4v) is 1.92. The third-order valence-electron chi connectivity index (χ3n) is 2.67. The summed E-state index contributed by atoms with van der Waals surface area (Å²) >= 11 is 0. The molecule has 0 saturated carbocycles. The molecule has 2 N–H and O–H groups in total. The van der Waals surface area contributed by atoms with Crippen LogP contribution in [0, 0.1) is 0 Å². The van der Waals surface area contributed by atoms with Crippen LogP contribution >= 0.6 is 0 Å². The highest BCUT2D eigenvalue weighted by Gasteiger charge is 2.31. The summed E-state index contributed by atoms with van der Waals surface area (Å²) in [5.74, 6) is -0.344. The summed E-state index contributed by atoms with van der Waals surface area (Å²) in [6.07, 6.45) is 7.62. The third kappa shape index (κ3) is 2.01. The van der Waals surface area contributed by atoms with Crippen LogP contribution in [0.4, 0.5) is 0 Å². The topological polar surface area (TPSA) is 58.2 Å². The Morgan fingerprint density at radius 3 is 2.79 bits per heavy atom. The van der Waals surface area contributed by atoms with Crippen LogP contribution in [0.3, 0.4) is 0 Å². The molecule has 1 aliphatic carbocycles. The van der Waals surface area contributed by atoms with Crippen LogP contribution < -0.4 is 10.6 Å². The van der Waals surface area contributed by atoms with Gasteiger partial charge in [-0.1, -0.05) is 12.2 Å². The van der Waals surface area contributed by atoms with Gasteiger partial charge in [0, 0.05) is 6.04 Å². The molecule has 2 aliphatic rings. The van der Waals surface area contributed by atoms with Crippen LogP contribution in [0.1, 0.15) is 25.7 Å². The number of rotatable bonds is 2. The maximum Gasteiger partial charge on any atom is 0.244 e. The first kappa shape index (κ1) is 9.40. The summed E-state index contributed by atoms with van der Waals surface area (Å²) in [4.78, 5) is 22.2. The number of allylic oxidation sites excluding steroid dienone is 1. The fourth-order valence-electron chi connectivity index (χ4n) is 1.92. The molecule has 2 atom stereocenters. The summed E-state index contributed by atoms with van der Waals surface area (Å²) in [7, 11) is 0. The van der Waals surface area contributed by atoms with Gasteiger partial charge in [0.2, 0.25) is 11.8 Å². The molecule has 1 saturated heterocycles. The van der Waals surface area contributed by atoms with Gasteiger partial charge in [-0.3, -0.25) is 14.9 Å². The molecule has 1 fully saturated rings. The normalized spacial score (nSPS) is 32.0. The molecule has 0 aromatic carbocycles. The highest BCUT2D eigenvalue weighted by molar-refractivity contribution is 6.05. The molecule has 4 heteroatoms. The molecule has 0 aromatic heterocycles. The highest BCUT2D eigenvalue weighted by Crippen LogP contribution is 2.13. The Morgan fingerprint density at radius 2 is 2.21 bits per heavy atom. The van der Waals surface area contributed by atoms with E-state index >= 15 is 0 Å². The molecule has 4 nitrogen and oxygen atoms in total. The Bertz CT molecular complexity index is 286. The first-order valence-corrected chi connectivity index (χ1v) is 5.00. The van der Waals surface area contributed by atoms with Crippen molar-refractivity contribution in [2.45, 2.75) is 37.8 Å². The van der Waals surface area contributed by atoms with Gasteiger partial charge >= 0.3 is 0 Å². The lowest BCUT2D eigenvalue weighted by Crippen LogP contribution is -2.43. The van der Waals surface area contributed by atoms with Gasteiger partial charge in [0.25, 0.3) is 0 Å². The number of carbonyl (C=O) groups is 2. The monoisotopic (exact) mass is 194 g/mol. The van der Waals surface area contributed by atoms with Crippen molar-refractivity contribution in [3.8, 4) is 0 Å². The molecule has 0 spiro atoms. The highest BCUT2D eigenvalue weighted by atomic mass is 16.2. The van der Waals surface area contributed by atoms with Crippen molar-refractivity contribution in [3.63, 3.8) is 0 Å². The van der Waals surface area contributed by atoms with Crippen LogP contribution in [0.5, 0.6) is 0 Å². The van der Waals surface area contributed by atoms with Crippen molar-refractivity contribution in [1.82, 2.24) is 10.6 Å². The van der Waals surface area contributed by atoms with E-state index in [9.17, 15) is 9.59 Å². The van der Waals surface area contributed by atoms with Gasteiger partial charge in [0.05, 0.1) is 12.5 Å². The molecule has 2 amide bonds. The average molecular weight is 194 g/mol. The zero-order chi connectivity index (χ0) is 9.97. The van der Waals surface area contributed by atoms with Gasteiger partial charge in [-0.15, -0.1) is 0 Å². The van der Waals surface area contributed by atoms with E-state index in [4.69, 9.17) is 0 Å². The molecule has 2 rings (SSSR count). The minimum Gasteiger partial charge on any atom is -0.302 e. The van der Waals surface area contributed by atoms with E-state index < -0.39 is 0 Å². The zero-order valence-corrected chi connectivity index (χ0v) is 7.95. The zero-order valence-electron chi connectivity index (χ0n) is 7.95. The summed E-state index contributed by atoms with van der Waals surface area (Å²) in [5.41, 5.74) is 0. The second-order valence-electron chi connectivity index (χ2n) is 3.82. The Balaban J connectivity index is 1.88. The van der Waals surface area contributed by atoms with Crippen molar-refractivity contribution < 1.29 is 9.59 Å². The molecule has 0 radical (unpaired) electrons. The predicted octanol–water partition coefficient (Wildman–Crippen LogP) is 0.0998. The second-order valence-corrected chi connectivity index (χ2v) is 3.82. The molecular weight excluding hydrogens is 180 g/mol. The Labute approximate surface area is 82.7 Å². The third-order valence-corrected chi connectivity index (χ3v) is 2.67. The van der Waals surface area contributed by atoms with Gasteiger partial charge in [0.15, 0.2) is 0 Å². The Kier molecular flexibility index (Phi) is 2.63. The van der Waals surface area contributed by atoms with Crippen LogP contribution in [0.25, 0.3) is 0 Å². The van der Waals surface area contributed by atoms with Gasteiger partial charge in [0.1, 0.15) is 0 Å². The lowest BCUT2D eigenvalue weighted by Gasteiger charge is -2.21. The standard InChI is InChI=1S/C10H14N2O2/c13-9-6-8(10(14)12-9)11-7-4-2-1-3-5-7/h1-2,7-8,11H,3-6H2,(H,12,13,14). The largest absolute Gasteiger partial charge is 0.302 e. The molecule has 0 bridgehead atoms. The lowest BCUT2D eigenvalue weighted by atomic mass is 10.0. The van der Waals surface area contributed by atoms with E-state index in [1.807, 2.05) is 0 Å². The summed E-state index contributed by atoms with van der Waals surface area (Å²) in [6, 6.07) is 0.0423. The molecule has 76 valence electrons. The quantitative estimate of drug-likeness (QED) is 0.484. The smallest absolute Gasteiger partial charge is 0.244 e. The maximum atomic E-state index is 11.2. The summed E-state index contributed by atoms with van der Waals surface area (Å²) in [5, 5.41) is 5.51. The minimum absolute atomic E-state index is 0.168. The number of hydrogen-bond acceptors (Lipinski definition) is 3. The van der Waals surface area contributed by atoms with Crippen LogP contribution in [-0.4, -0.2) is 23.9 Å². The predicted molar refractivity (Wildman–Crippen MR) is 51.5 cm³/mol. The second kappa shape index (κ2) is 3.92. The number of imide groups is 1. The van der Waals surface area contributed by atoms with E-state index in [-0.39, 0.29) is 17.9 Å².